The number of ether oxygens (including phenoxy) is 2. The van der Waals surface area contributed by atoms with Gasteiger partial charge in [-0.3, -0.25) is 9.59 Å². The average Bonchev–Trinajstić information content (AvgIpc) is 2.61. The third kappa shape index (κ3) is 5.53. The Bertz CT molecular complexity index is 740. The molecular formula is C19H21NO5. The summed E-state index contributed by atoms with van der Waals surface area (Å²) in [4.78, 5) is 22.8. The summed E-state index contributed by atoms with van der Waals surface area (Å²) >= 11 is 0. The maximum atomic E-state index is 12.1. The van der Waals surface area contributed by atoms with Gasteiger partial charge < -0.3 is 19.9 Å². The van der Waals surface area contributed by atoms with Gasteiger partial charge in [0.25, 0.3) is 0 Å². The van der Waals surface area contributed by atoms with Crippen molar-refractivity contribution in [3.63, 3.8) is 0 Å². The summed E-state index contributed by atoms with van der Waals surface area (Å²) in [5.41, 5.74) is 2.22. The molecule has 2 N–H and O–H groups in total. The van der Waals surface area contributed by atoms with Crippen LogP contribution in [0.1, 0.15) is 17.5 Å². The number of nitrogens with one attached hydrogen (secondary N) is 1. The van der Waals surface area contributed by atoms with Crippen LogP contribution >= 0.6 is 0 Å². The normalized spacial score (nSPS) is 10.2. The highest BCUT2D eigenvalue weighted by Gasteiger charge is 2.09. The molecule has 2 rings (SSSR count). The van der Waals surface area contributed by atoms with Gasteiger partial charge in [0.05, 0.1) is 20.6 Å². The number of carboxylic acids is 1. The molecule has 0 saturated carbocycles. The number of methoxy groups -OCH3 is 2. The van der Waals surface area contributed by atoms with Crippen molar-refractivity contribution < 1.29 is 24.2 Å². The number of anilines is 1. The third-order valence-electron chi connectivity index (χ3n) is 3.70. The van der Waals surface area contributed by atoms with Gasteiger partial charge in [-0.2, -0.15) is 0 Å². The minimum atomic E-state index is -0.885. The molecule has 0 saturated heterocycles. The molecule has 0 aliphatic heterocycles. The van der Waals surface area contributed by atoms with Crippen LogP contribution in [0.3, 0.4) is 0 Å². The van der Waals surface area contributed by atoms with Crippen molar-refractivity contribution in [2.75, 3.05) is 19.5 Å². The van der Waals surface area contributed by atoms with Gasteiger partial charge in [0.1, 0.15) is 11.5 Å². The molecule has 0 heterocycles. The van der Waals surface area contributed by atoms with E-state index < -0.39 is 5.97 Å². The molecule has 0 bridgehead atoms. The minimum absolute atomic E-state index is 0.0378. The van der Waals surface area contributed by atoms with Crippen LogP contribution in [0.2, 0.25) is 0 Å². The second kappa shape index (κ2) is 8.73. The summed E-state index contributed by atoms with van der Waals surface area (Å²) < 4.78 is 10.5. The van der Waals surface area contributed by atoms with Crippen LogP contribution in [0.4, 0.5) is 5.69 Å². The van der Waals surface area contributed by atoms with Gasteiger partial charge in [0, 0.05) is 12.1 Å². The highest BCUT2D eigenvalue weighted by atomic mass is 16.5. The summed E-state index contributed by atoms with van der Waals surface area (Å²) in [5, 5.41) is 11.6. The van der Waals surface area contributed by atoms with E-state index in [-0.39, 0.29) is 12.3 Å². The summed E-state index contributed by atoms with van der Waals surface area (Å²) in [6.45, 7) is 0. The first-order valence-electron chi connectivity index (χ1n) is 7.83. The second-order valence-corrected chi connectivity index (χ2v) is 5.49. The number of hydrogen-bond donors (Lipinski definition) is 2. The Kier molecular flexibility index (Phi) is 6.39. The smallest absolute Gasteiger partial charge is 0.307 e. The van der Waals surface area contributed by atoms with Crippen LogP contribution in [0.25, 0.3) is 0 Å². The molecule has 0 unspecified atom stereocenters. The molecule has 0 atom stereocenters. The highest BCUT2D eigenvalue weighted by molar-refractivity contribution is 5.90. The van der Waals surface area contributed by atoms with E-state index in [0.717, 1.165) is 5.56 Å². The monoisotopic (exact) mass is 343 g/mol. The van der Waals surface area contributed by atoms with E-state index in [4.69, 9.17) is 14.6 Å². The highest BCUT2D eigenvalue weighted by Crippen LogP contribution is 2.25. The molecule has 0 fully saturated rings. The van der Waals surface area contributed by atoms with Crippen LogP contribution in [0.15, 0.2) is 42.5 Å². The van der Waals surface area contributed by atoms with Crippen molar-refractivity contribution in [3.05, 3.63) is 53.6 Å². The van der Waals surface area contributed by atoms with E-state index >= 15 is 0 Å². The Morgan fingerprint density at radius 3 is 2.36 bits per heavy atom. The van der Waals surface area contributed by atoms with Crippen LogP contribution in [0.5, 0.6) is 11.5 Å². The fraction of sp³-hybridized carbons (Fsp3) is 0.263. The van der Waals surface area contributed by atoms with E-state index in [1.807, 2.05) is 12.1 Å². The number of aryl methyl sites for hydroxylation is 1. The maximum Gasteiger partial charge on any atom is 0.307 e. The van der Waals surface area contributed by atoms with E-state index in [1.165, 1.54) is 0 Å². The Morgan fingerprint density at radius 1 is 1.04 bits per heavy atom. The van der Waals surface area contributed by atoms with Crippen molar-refractivity contribution in [3.8, 4) is 11.5 Å². The fourth-order valence-electron chi connectivity index (χ4n) is 2.43. The van der Waals surface area contributed by atoms with Crippen LogP contribution in [0, 0.1) is 0 Å². The first-order chi connectivity index (χ1) is 12.0. The van der Waals surface area contributed by atoms with Crippen molar-refractivity contribution in [1.82, 2.24) is 0 Å². The molecule has 6 heteroatoms. The molecule has 25 heavy (non-hydrogen) atoms. The zero-order valence-corrected chi connectivity index (χ0v) is 14.2. The molecule has 6 nitrogen and oxygen atoms in total. The van der Waals surface area contributed by atoms with Gasteiger partial charge in [-0.25, -0.2) is 0 Å². The van der Waals surface area contributed by atoms with Crippen LogP contribution in [-0.2, 0) is 22.4 Å². The molecule has 0 aromatic heterocycles. The SMILES string of the molecule is COc1ccc(OC)c(CCC(=O)Nc2ccc(CC(=O)O)cc2)c1. The number of carbonyl (C=O) groups excluding carboxylic acids is 1. The first-order valence-corrected chi connectivity index (χ1v) is 7.83. The standard InChI is InChI=1S/C19H21NO5/c1-24-16-8-9-17(25-2)14(12-16)5-10-18(21)20-15-6-3-13(4-7-15)11-19(22)23/h3-4,6-9,12H,5,10-11H2,1-2H3,(H,20,21)(H,22,23). The van der Waals surface area contributed by atoms with Gasteiger partial charge in [0.2, 0.25) is 5.91 Å². The number of hydrogen-bond acceptors (Lipinski definition) is 4. The van der Waals surface area contributed by atoms with E-state index in [0.29, 0.717) is 35.6 Å². The van der Waals surface area contributed by atoms with Crippen molar-refractivity contribution in [1.29, 1.82) is 0 Å². The zero-order valence-electron chi connectivity index (χ0n) is 14.2. The Labute approximate surface area is 146 Å². The molecule has 2 aromatic rings. The largest absolute Gasteiger partial charge is 0.497 e. The zero-order chi connectivity index (χ0) is 18.2. The lowest BCUT2D eigenvalue weighted by molar-refractivity contribution is -0.136. The molecule has 0 aliphatic rings. The molecule has 0 aliphatic carbocycles. The lowest BCUT2D eigenvalue weighted by atomic mass is 10.1. The number of carboxylic acid groups (broad SMARTS) is 1. The average molecular weight is 343 g/mol. The van der Waals surface area contributed by atoms with Crippen molar-refractivity contribution in [2.24, 2.45) is 0 Å². The predicted octanol–water partition coefficient (Wildman–Crippen LogP) is 2.90. The van der Waals surface area contributed by atoms with Gasteiger partial charge in [-0.1, -0.05) is 12.1 Å². The van der Waals surface area contributed by atoms with Gasteiger partial charge >= 0.3 is 5.97 Å². The Hall–Kier alpha value is -3.02. The van der Waals surface area contributed by atoms with Gasteiger partial charge in [-0.15, -0.1) is 0 Å². The molecule has 0 spiro atoms. The van der Waals surface area contributed by atoms with Gasteiger partial charge in [-0.05, 0) is 47.9 Å². The number of amides is 1. The lowest BCUT2D eigenvalue weighted by Gasteiger charge is -2.11. The number of aliphatic carboxylic acids is 1. The third-order valence-corrected chi connectivity index (χ3v) is 3.70. The van der Waals surface area contributed by atoms with Crippen molar-refractivity contribution >= 4 is 17.6 Å². The number of benzene rings is 2. The first kappa shape index (κ1) is 18.3. The Balaban J connectivity index is 1.93. The summed E-state index contributed by atoms with van der Waals surface area (Å²) in [6.07, 6.45) is 0.771. The fourth-order valence-corrected chi connectivity index (χ4v) is 2.43. The minimum Gasteiger partial charge on any atom is -0.497 e. The van der Waals surface area contributed by atoms with Gasteiger partial charge in [0.15, 0.2) is 0 Å². The second-order valence-electron chi connectivity index (χ2n) is 5.49. The summed E-state index contributed by atoms with van der Waals surface area (Å²) in [7, 11) is 3.18. The van der Waals surface area contributed by atoms with Crippen LogP contribution in [-0.4, -0.2) is 31.2 Å². The summed E-state index contributed by atoms with van der Waals surface area (Å²) in [6, 6.07) is 12.2. The topological polar surface area (TPSA) is 84.9 Å². The Morgan fingerprint density at radius 2 is 1.76 bits per heavy atom. The predicted molar refractivity (Wildman–Crippen MR) is 94.3 cm³/mol. The van der Waals surface area contributed by atoms with E-state index in [1.54, 1.807) is 44.6 Å². The van der Waals surface area contributed by atoms with E-state index in [2.05, 4.69) is 5.32 Å². The molecule has 0 radical (unpaired) electrons. The van der Waals surface area contributed by atoms with E-state index in [9.17, 15) is 9.59 Å². The van der Waals surface area contributed by atoms with Crippen LogP contribution < -0.4 is 14.8 Å². The summed E-state index contributed by atoms with van der Waals surface area (Å²) in [5.74, 6) is 0.414. The molecular weight excluding hydrogens is 322 g/mol. The number of rotatable bonds is 8. The lowest BCUT2D eigenvalue weighted by Crippen LogP contribution is -2.12. The molecule has 1 amide bonds. The number of carbonyl (C=O) groups is 2. The molecule has 132 valence electrons. The molecule has 2 aromatic carbocycles. The maximum absolute atomic E-state index is 12.1. The van der Waals surface area contributed by atoms with Crippen molar-refractivity contribution in [2.45, 2.75) is 19.3 Å². The quantitative estimate of drug-likeness (QED) is 0.770.